The fraction of sp³-hybridized carbons (Fsp3) is 0.235. The molecule has 0 aliphatic heterocycles. The summed E-state index contributed by atoms with van der Waals surface area (Å²) in [6.07, 6.45) is 3.30. The molecular formula is C17H17ClN4O2S. The van der Waals surface area contributed by atoms with Crippen LogP contribution in [0.2, 0.25) is 4.47 Å². The van der Waals surface area contributed by atoms with Crippen molar-refractivity contribution in [1.82, 2.24) is 14.8 Å². The number of carbonyl (C=O) groups excluding carboxylic acids is 1. The Hall–Kier alpha value is -2.38. The molecule has 1 N–H and O–H groups in total. The summed E-state index contributed by atoms with van der Waals surface area (Å²) >= 11 is 7.28. The maximum absolute atomic E-state index is 11.9. The quantitative estimate of drug-likeness (QED) is 0.656. The van der Waals surface area contributed by atoms with Crippen LogP contribution in [-0.2, 0) is 11.3 Å². The summed E-state index contributed by atoms with van der Waals surface area (Å²) in [7, 11) is 0. The molecule has 0 atom stereocenters. The van der Waals surface area contributed by atoms with Crippen molar-refractivity contribution in [2.24, 2.45) is 0 Å². The molecule has 8 heteroatoms. The molecule has 3 aromatic rings. The van der Waals surface area contributed by atoms with Gasteiger partial charge in [-0.2, -0.15) is 5.10 Å². The van der Waals surface area contributed by atoms with Gasteiger partial charge in [0, 0.05) is 16.8 Å². The van der Waals surface area contributed by atoms with Crippen LogP contribution in [0.1, 0.15) is 27.9 Å². The Kier molecular flexibility index (Phi) is 5.35. The number of halogens is 1. The predicted molar refractivity (Wildman–Crippen MR) is 98.7 cm³/mol. The van der Waals surface area contributed by atoms with Crippen LogP contribution >= 0.6 is 22.9 Å². The Balaban J connectivity index is 1.71. The summed E-state index contributed by atoms with van der Waals surface area (Å²) in [5, 5.41) is 7.61. The monoisotopic (exact) mass is 376 g/mol. The van der Waals surface area contributed by atoms with Gasteiger partial charge in [-0.15, -0.1) is 11.3 Å². The fourth-order valence-electron chi connectivity index (χ4n) is 2.35. The van der Waals surface area contributed by atoms with Crippen LogP contribution in [0.3, 0.4) is 0 Å². The molecule has 0 aliphatic carbocycles. The van der Waals surface area contributed by atoms with Gasteiger partial charge in [-0.3, -0.25) is 0 Å². The first-order valence-corrected chi connectivity index (χ1v) is 8.94. The average molecular weight is 377 g/mol. The van der Waals surface area contributed by atoms with Crippen molar-refractivity contribution in [3.8, 4) is 5.69 Å². The van der Waals surface area contributed by atoms with Crippen LogP contribution in [0.15, 0.2) is 36.7 Å². The second-order valence-corrected chi connectivity index (χ2v) is 6.95. The summed E-state index contributed by atoms with van der Waals surface area (Å²) in [6, 6.07) is 7.81. The lowest BCUT2D eigenvalue weighted by atomic mass is 10.2. The van der Waals surface area contributed by atoms with Gasteiger partial charge in [-0.25, -0.2) is 14.5 Å². The molecular weight excluding hydrogens is 360 g/mol. The van der Waals surface area contributed by atoms with Crippen molar-refractivity contribution in [2.75, 3.05) is 11.9 Å². The van der Waals surface area contributed by atoms with E-state index in [2.05, 4.69) is 15.4 Å². The summed E-state index contributed by atoms with van der Waals surface area (Å²) in [5.74, 6) is -0.354. The molecule has 6 nitrogen and oxygen atoms in total. The molecule has 1 aromatic carbocycles. The highest BCUT2D eigenvalue weighted by molar-refractivity contribution is 7.15. The lowest BCUT2D eigenvalue weighted by Crippen LogP contribution is -2.07. The number of aromatic nitrogens is 3. The molecule has 0 bridgehead atoms. The van der Waals surface area contributed by atoms with Crippen molar-refractivity contribution in [1.29, 1.82) is 0 Å². The number of anilines is 1. The molecule has 0 radical (unpaired) electrons. The van der Waals surface area contributed by atoms with Crippen molar-refractivity contribution in [2.45, 2.75) is 20.4 Å². The van der Waals surface area contributed by atoms with Gasteiger partial charge in [-0.1, -0.05) is 11.6 Å². The molecule has 0 aliphatic rings. The van der Waals surface area contributed by atoms with Crippen LogP contribution in [0.4, 0.5) is 5.69 Å². The minimum atomic E-state index is -0.354. The molecule has 3 rings (SSSR count). The summed E-state index contributed by atoms with van der Waals surface area (Å²) in [5.41, 5.74) is 3.08. The lowest BCUT2D eigenvalue weighted by molar-refractivity contribution is 0.0525. The van der Waals surface area contributed by atoms with E-state index < -0.39 is 0 Å². The first kappa shape index (κ1) is 17.4. The number of ether oxygens (including phenoxy) is 1. The normalized spacial score (nSPS) is 10.7. The van der Waals surface area contributed by atoms with Crippen molar-refractivity contribution in [3.05, 3.63) is 57.3 Å². The zero-order valence-electron chi connectivity index (χ0n) is 13.8. The van der Waals surface area contributed by atoms with Gasteiger partial charge in [0.1, 0.15) is 5.56 Å². The van der Waals surface area contributed by atoms with Crippen LogP contribution in [-0.4, -0.2) is 27.3 Å². The van der Waals surface area contributed by atoms with E-state index in [9.17, 15) is 4.79 Å². The zero-order chi connectivity index (χ0) is 17.8. The van der Waals surface area contributed by atoms with Gasteiger partial charge in [-0.05, 0) is 38.1 Å². The SMILES string of the molecule is CCOC(=O)c1cnn(-c2ccc(NCc3cnc(Cl)s3)cc2)c1C. The molecule has 0 saturated carbocycles. The van der Waals surface area contributed by atoms with E-state index in [1.807, 2.05) is 31.2 Å². The summed E-state index contributed by atoms with van der Waals surface area (Å²) < 4.78 is 7.30. The van der Waals surface area contributed by atoms with Gasteiger partial charge in [0.05, 0.1) is 30.7 Å². The fourth-order valence-corrected chi connectivity index (χ4v) is 3.27. The average Bonchev–Trinajstić information content (AvgIpc) is 3.19. The van der Waals surface area contributed by atoms with Crippen molar-refractivity contribution < 1.29 is 9.53 Å². The van der Waals surface area contributed by atoms with Gasteiger partial charge >= 0.3 is 5.97 Å². The Morgan fingerprint density at radius 1 is 1.32 bits per heavy atom. The Morgan fingerprint density at radius 3 is 2.72 bits per heavy atom. The third-order valence-electron chi connectivity index (χ3n) is 3.61. The number of esters is 1. The number of hydrogen-bond donors (Lipinski definition) is 1. The van der Waals surface area contributed by atoms with E-state index in [0.717, 1.165) is 21.9 Å². The number of nitrogens with zero attached hydrogens (tertiary/aromatic N) is 3. The summed E-state index contributed by atoms with van der Waals surface area (Å²) in [6.45, 7) is 4.63. The molecule has 2 aromatic heterocycles. The molecule has 0 saturated heterocycles. The van der Waals surface area contributed by atoms with Crippen LogP contribution < -0.4 is 5.32 Å². The van der Waals surface area contributed by atoms with E-state index in [4.69, 9.17) is 16.3 Å². The molecule has 25 heavy (non-hydrogen) atoms. The molecule has 0 amide bonds. The molecule has 130 valence electrons. The van der Waals surface area contributed by atoms with Gasteiger partial charge < -0.3 is 10.1 Å². The Labute approximate surface area is 154 Å². The van der Waals surface area contributed by atoms with Crippen LogP contribution in [0.25, 0.3) is 5.69 Å². The highest BCUT2D eigenvalue weighted by Crippen LogP contribution is 2.21. The molecule has 2 heterocycles. The van der Waals surface area contributed by atoms with Crippen LogP contribution in [0, 0.1) is 6.92 Å². The number of thiazole rings is 1. The van der Waals surface area contributed by atoms with E-state index in [0.29, 0.717) is 23.2 Å². The standard InChI is InChI=1S/C17H17ClN4O2S/c1-3-24-16(23)15-10-21-22(11(15)2)13-6-4-12(5-7-13)19-8-14-9-20-17(18)25-14/h4-7,9-10,19H,3,8H2,1-2H3. The van der Waals surface area contributed by atoms with E-state index in [-0.39, 0.29) is 5.97 Å². The summed E-state index contributed by atoms with van der Waals surface area (Å²) in [4.78, 5) is 17.0. The smallest absolute Gasteiger partial charge is 0.341 e. The number of benzene rings is 1. The largest absolute Gasteiger partial charge is 0.462 e. The maximum Gasteiger partial charge on any atom is 0.341 e. The van der Waals surface area contributed by atoms with E-state index >= 15 is 0 Å². The number of nitrogens with one attached hydrogen (secondary N) is 1. The first-order valence-electron chi connectivity index (χ1n) is 7.74. The second-order valence-electron chi connectivity index (χ2n) is 5.26. The van der Waals surface area contributed by atoms with Crippen molar-refractivity contribution in [3.63, 3.8) is 0 Å². The van der Waals surface area contributed by atoms with E-state index in [1.54, 1.807) is 17.8 Å². The third kappa shape index (κ3) is 4.00. The van der Waals surface area contributed by atoms with Gasteiger partial charge in [0.15, 0.2) is 4.47 Å². The molecule has 0 spiro atoms. The second kappa shape index (κ2) is 7.67. The van der Waals surface area contributed by atoms with Crippen LogP contribution in [0.5, 0.6) is 0 Å². The van der Waals surface area contributed by atoms with E-state index in [1.165, 1.54) is 17.5 Å². The predicted octanol–water partition coefficient (Wildman–Crippen LogP) is 4.08. The molecule has 0 unspecified atom stereocenters. The molecule has 0 fully saturated rings. The maximum atomic E-state index is 11.9. The number of hydrogen-bond acceptors (Lipinski definition) is 6. The minimum absolute atomic E-state index is 0.342. The number of carbonyl (C=O) groups is 1. The highest BCUT2D eigenvalue weighted by atomic mass is 35.5. The lowest BCUT2D eigenvalue weighted by Gasteiger charge is -2.08. The Bertz CT molecular complexity index is 873. The number of rotatable bonds is 6. The Morgan fingerprint density at radius 2 is 2.08 bits per heavy atom. The van der Waals surface area contributed by atoms with Crippen molar-refractivity contribution >= 4 is 34.6 Å². The topological polar surface area (TPSA) is 69.0 Å². The van der Waals surface area contributed by atoms with Gasteiger partial charge in [0.2, 0.25) is 0 Å². The highest BCUT2D eigenvalue weighted by Gasteiger charge is 2.15. The minimum Gasteiger partial charge on any atom is -0.462 e. The first-order chi connectivity index (χ1) is 12.1. The third-order valence-corrected chi connectivity index (χ3v) is 4.72. The zero-order valence-corrected chi connectivity index (χ0v) is 15.4. The van der Waals surface area contributed by atoms with Gasteiger partial charge in [0.25, 0.3) is 0 Å².